The highest BCUT2D eigenvalue weighted by Crippen LogP contribution is 2.16. The SMILES string of the molecule is [C-]#[N+]c1ccc(N2CCNC(=O)C2)nc1. The maximum absolute atomic E-state index is 11.1. The Kier molecular flexibility index (Phi) is 2.50. The molecule has 1 aromatic rings. The first-order valence-corrected chi connectivity index (χ1v) is 4.65. The van der Waals surface area contributed by atoms with Gasteiger partial charge in [0.15, 0.2) is 0 Å². The van der Waals surface area contributed by atoms with Gasteiger partial charge in [0.1, 0.15) is 5.82 Å². The van der Waals surface area contributed by atoms with Crippen molar-refractivity contribution in [3.05, 3.63) is 29.7 Å². The molecule has 1 N–H and O–H groups in total. The number of aromatic nitrogens is 1. The Morgan fingerprint density at radius 1 is 1.53 bits per heavy atom. The van der Waals surface area contributed by atoms with E-state index in [2.05, 4.69) is 15.1 Å². The van der Waals surface area contributed by atoms with Crippen LogP contribution in [0.15, 0.2) is 18.3 Å². The molecule has 2 heterocycles. The molecule has 0 aliphatic carbocycles. The highest BCUT2D eigenvalue weighted by molar-refractivity contribution is 5.82. The number of hydrogen-bond acceptors (Lipinski definition) is 3. The van der Waals surface area contributed by atoms with E-state index in [9.17, 15) is 4.79 Å². The van der Waals surface area contributed by atoms with Gasteiger partial charge in [-0.1, -0.05) is 6.07 Å². The van der Waals surface area contributed by atoms with Gasteiger partial charge in [0, 0.05) is 19.3 Å². The molecule has 1 amide bonds. The number of anilines is 1. The van der Waals surface area contributed by atoms with E-state index < -0.39 is 0 Å². The number of carbonyl (C=O) groups is 1. The van der Waals surface area contributed by atoms with Crippen LogP contribution in [-0.2, 0) is 4.79 Å². The molecular weight excluding hydrogens is 192 g/mol. The van der Waals surface area contributed by atoms with Crippen molar-refractivity contribution in [2.75, 3.05) is 24.5 Å². The van der Waals surface area contributed by atoms with Crippen LogP contribution in [0.4, 0.5) is 11.5 Å². The smallest absolute Gasteiger partial charge is 0.239 e. The fourth-order valence-corrected chi connectivity index (χ4v) is 1.47. The molecule has 1 saturated heterocycles. The summed E-state index contributed by atoms with van der Waals surface area (Å²) in [6, 6.07) is 3.48. The summed E-state index contributed by atoms with van der Waals surface area (Å²) in [4.78, 5) is 20.4. The van der Waals surface area contributed by atoms with E-state index in [4.69, 9.17) is 6.57 Å². The van der Waals surface area contributed by atoms with Gasteiger partial charge < -0.3 is 10.2 Å². The second-order valence-corrected chi connectivity index (χ2v) is 3.26. The van der Waals surface area contributed by atoms with Crippen LogP contribution in [0.3, 0.4) is 0 Å². The highest BCUT2D eigenvalue weighted by atomic mass is 16.2. The lowest BCUT2D eigenvalue weighted by atomic mass is 10.3. The zero-order valence-corrected chi connectivity index (χ0v) is 8.10. The van der Waals surface area contributed by atoms with Gasteiger partial charge in [0.25, 0.3) is 0 Å². The number of nitrogens with one attached hydrogen (secondary N) is 1. The van der Waals surface area contributed by atoms with Gasteiger partial charge in [-0.3, -0.25) is 9.78 Å². The van der Waals surface area contributed by atoms with Crippen LogP contribution in [0.25, 0.3) is 4.85 Å². The lowest BCUT2D eigenvalue weighted by molar-refractivity contribution is -0.120. The fraction of sp³-hybridized carbons (Fsp3) is 0.300. The first-order valence-electron chi connectivity index (χ1n) is 4.65. The summed E-state index contributed by atoms with van der Waals surface area (Å²) in [6.07, 6.45) is 1.52. The summed E-state index contributed by atoms with van der Waals surface area (Å²) in [7, 11) is 0. The molecule has 0 spiro atoms. The minimum atomic E-state index is 0.0114. The van der Waals surface area contributed by atoms with E-state index in [-0.39, 0.29) is 5.91 Å². The van der Waals surface area contributed by atoms with Crippen molar-refractivity contribution in [3.63, 3.8) is 0 Å². The summed E-state index contributed by atoms with van der Waals surface area (Å²) < 4.78 is 0. The molecule has 5 nitrogen and oxygen atoms in total. The summed E-state index contributed by atoms with van der Waals surface area (Å²) in [5, 5.41) is 2.75. The van der Waals surface area contributed by atoms with E-state index in [1.807, 2.05) is 4.90 Å². The summed E-state index contributed by atoms with van der Waals surface area (Å²) in [6.45, 7) is 8.54. The minimum absolute atomic E-state index is 0.0114. The van der Waals surface area contributed by atoms with Crippen molar-refractivity contribution >= 4 is 17.4 Å². The fourth-order valence-electron chi connectivity index (χ4n) is 1.47. The number of amides is 1. The van der Waals surface area contributed by atoms with E-state index in [1.54, 1.807) is 12.1 Å². The Bertz CT molecular complexity index is 406. The van der Waals surface area contributed by atoms with Crippen LogP contribution in [-0.4, -0.2) is 30.5 Å². The number of rotatable bonds is 1. The van der Waals surface area contributed by atoms with E-state index >= 15 is 0 Å². The van der Waals surface area contributed by atoms with Crippen LogP contribution >= 0.6 is 0 Å². The van der Waals surface area contributed by atoms with Crippen molar-refractivity contribution in [2.45, 2.75) is 0 Å². The van der Waals surface area contributed by atoms with Crippen molar-refractivity contribution in [1.29, 1.82) is 0 Å². The third-order valence-corrected chi connectivity index (χ3v) is 2.22. The van der Waals surface area contributed by atoms with Crippen LogP contribution in [0, 0.1) is 6.57 Å². The normalized spacial score (nSPS) is 15.7. The minimum Gasteiger partial charge on any atom is -0.353 e. The van der Waals surface area contributed by atoms with Gasteiger partial charge in [-0.25, -0.2) is 4.85 Å². The molecule has 76 valence electrons. The first kappa shape index (κ1) is 9.46. The average Bonchev–Trinajstić information content (AvgIpc) is 2.29. The van der Waals surface area contributed by atoms with Gasteiger partial charge in [-0.05, 0) is 6.07 Å². The molecular formula is C10H10N4O. The lowest BCUT2D eigenvalue weighted by Crippen LogP contribution is -2.47. The highest BCUT2D eigenvalue weighted by Gasteiger charge is 2.16. The van der Waals surface area contributed by atoms with Crippen molar-refractivity contribution in [2.24, 2.45) is 0 Å². The molecule has 0 bridgehead atoms. The Morgan fingerprint density at radius 2 is 2.40 bits per heavy atom. The van der Waals surface area contributed by atoms with E-state index in [0.29, 0.717) is 18.8 Å². The molecule has 0 atom stereocenters. The Morgan fingerprint density at radius 3 is 3.00 bits per heavy atom. The summed E-state index contributed by atoms with van der Waals surface area (Å²) >= 11 is 0. The number of pyridine rings is 1. The maximum atomic E-state index is 11.1. The van der Waals surface area contributed by atoms with Crippen molar-refractivity contribution in [3.8, 4) is 0 Å². The number of hydrogen-bond donors (Lipinski definition) is 1. The number of carbonyl (C=O) groups excluding carboxylic acids is 1. The lowest BCUT2D eigenvalue weighted by Gasteiger charge is -2.27. The number of piperazine rings is 1. The Hall–Kier alpha value is -2.09. The quantitative estimate of drug-likeness (QED) is 0.677. The molecule has 0 unspecified atom stereocenters. The third-order valence-electron chi connectivity index (χ3n) is 2.22. The van der Waals surface area contributed by atoms with Crippen molar-refractivity contribution in [1.82, 2.24) is 10.3 Å². The van der Waals surface area contributed by atoms with Crippen LogP contribution in [0.5, 0.6) is 0 Å². The van der Waals surface area contributed by atoms with Gasteiger partial charge >= 0.3 is 0 Å². The zero-order chi connectivity index (χ0) is 10.7. The molecule has 15 heavy (non-hydrogen) atoms. The van der Waals surface area contributed by atoms with Crippen LogP contribution < -0.4 is 10.2 Å². The predicted octanol–water partition coefficient (Wildman–Crippen LogP) is 0.569. The molecule has 1 aromatic heterocycles. The first-order chi connectivity index (χ1) is 7.29. The van der Waals surface area contributed by atoms with Crippen LogP contribution in [0.2, 0.25) is 0 Å². The predicted molar refractivity (Wildman–Crippen MR) is 55.7 cm³/mol. The molecule has 1 fully saturated rings. The molecule has 5 heteroatoms. The second kappa shape index (κ2) is 3.96. The molecule has 0 radical (unpaired) electrons. The maximum Gasteiger partial charge on any atom is 0.239 e. The third kappa shape index (κ3) is 2.05. The topological polar surface area (TPSA) is 49.6 Å². The summed E-state index contributed by atoms with van der Waals surface area (Å²) in [5.74, 6) is 0.759. The molecule has 2 rings (SSSR count). The Balaban J connectivity index is 2.15. The zero-order valence-electron chi connectivity index (χ0n) is 8.10. The molecule has 0 saturated carbocycles. The number of nitrogens with zero attached hydrogens (tertiary/aromatic N) is 3. The van der Waals surface area contributed by atoms with Crippen molar-refractivity contribution < 1.29 is 4.79 Å². The van der Waals surface area contributed by atoms with Gasteiger partial charge in [0.05, 0.1) is 13.1 Å². The van der Waals surface area contributed by atoms with Gasteiger partial charge in [-0.15, -0.1) is 0 Å². The van der Waals surface area contributed by atoms with E-state index in [0.717, 1.165) is 12.4 Å². The molecule has 1 aliphatic rings. The molecule has 0 aromatic carbocycles. The average molecular weight is 202 g/mol. The van der Waals surface area contributed by atoms with Crippen LogP contribution in [0.1, 0.15) is 0 Å². The van der Waals surface area contributed by atoms with Gasteiger partial charge in [-0.2, -0.15) is 0 Å². The second-order valence-electron chi connectivity index (χ2n) is 3.26. The van der Waals surface area contributed by atoms with Gasteiger partial charge in [0.2, 0.25) is 11.6 Å². The standard InChI is InChI=1S/C10H10N4O/c1-11-8-2-3-9(13-6-8)14-5-4-12-10(15)7-14/h2-3,6H,4-5,7H2,(H,12,15). The monoisotopic (exact) mass is 202 g/mol. The largest absolute Gasteiger partial charge is 0.353 e. The summed E-state index contributed by atoms with van der Waals surface area (Å²) in [5.41, 5.74) is 0.514. The molecule has 1 aliphatic heterocycles. The van der Waals surface area contributed by atoms with E-state index in [1.165, 1.54) is 6.20 Å². The Labute approximate surface area is 87.5 Å².